The molecule has 2 aromatic rings. The second-order valence-corrected chi connectivity index (χ2v) is 9.42. The molecule has 0 spiro atoms. The van der Waals surface area contributed by atoms with Crippen molar-refractivity contribution in [1.29, 1.82) is 0 Å². The summed E-state index contributed by atoms with van der Waals surface area (Å²) in [5.74, 6) is 2.90. The van der Waals surface area contributed by atoms with E-state index in [0.717, 1.165) is 42.1 Å². The second-order valence-electron chi connectivity index (χ2n) is 9.42. The number of hydrogen-bond acceptors (Lipinski definition) is 3. The Morgan fingerprint density at radius 2 is 1.79 bits per heavy atom. The number of carbonyl (C=O) groups excluding carboxylic acids is 1. The van der Waals surface area contributed by atoms with E-state index in [1.807, 2.05) is 41.3 Å². The van der Waals surface area contributed by atoms with E-state index in [1.165, 1.54) is 12.0 Å². The normalized spacial score (nSPS) is 22.7. The highest BCUT2D eigenvalue weighted by molar-refractivity contribution is 5.94. The summed E-state index contributed by atoms with van der Waals surface area (Å²) < 4.78 is 12.1. The lowest BCUT2D eigenvalue weighted by Crippen LogP contribution is -2.42. The van der Waals surface area contributed by atoms with Gasteiger partial charge in [0.05, 0.1) is 0 Å². The number of hydrogen-bond donors (Lipinski definition) is 0. The highest BCUT2D eigenvalue weighted by Gasteiger charge is 2.32. The van der Waals surface area contributed by atoms with Gasteiger partial charge in [0.1, 0.15) is 12.2 Å². The minimum Gasteiger partial charge on any atom is -0.485 e. The Balaban J connectivity index is 1.40. The number of rotatable bonds is 4. The van der Waals surface area contributed by atoms with E-state index < -0.39 is 0 Å². The van der Waals surface area contributed by atoms with Crippen LogP contribution in [0.15, 0.2) is 42.5 Å². The summed E-state index contributed by atoms with van der Waals surface area (Å²) in [5, 5.41) is 0. The number of piperidine rings is 1. The molecule has 0 radical (unpaired) electrons. The van der Waals surface area contributed by atoms with Gasteiger partial charge >= 0.3 is 0 Å². The van der Waals surface area contributed by atoms with Crippen LogP contribution in [0.3, 0.4) is 0 Å². The van der Waals surface area contributed by atoms with Crippen molar-refractivity contribution in [2.24, 2.45) is 11.8 Å². The van der Waals surface area contributed by atoms with Gasteiger partial charge in [0.2, 0.25) is 0 Å². The SMILES string of the molecule is CC1CC(C)CN(C(=O)c2ccc(COc3cccc4c3OC(C)(C)C4)cc2)C1. The highest BCUT2D eigenvalue weighted by Crippen LogP contribution is 2.42. The van der Waals surface area contributed by atoms with Crippen LogP contribution in [-0.4, -0.2) is 29.5 Å². The Hall–Kier alpha value is -2.49. The van der Waals surface area contributed by atoms with Crippen LogP contribution >= 0.6 is 0 Å². The van der Waals surface area contributed by atoms with Crippen molar-refractivity contribution in [3.63, 3.8) is 0 Å². The average Bonchev–Trinajstić information content (AvgIpc) is 3.00. The number of nitrogens with zero attached hydrogens (tertiary/aromatic N) is 1. The Morgan fingerprint density at radius 1 is 1.10 bits per heavy atom. The maximum atomic E-state index is 12.8. The van der Waals surface area contributed by atoms with Gasteiger partial charge in [0, 0.05) is 30.6 Å². The third kappa shape index (κ3) is 4.42. The molecule has 0 saturated carbocycles. The third-order valence-corrected chi connectivity index (χ3v) is 5.81. The van der Waals surface area contributed by atoms with Gasteiger partial charge in [-0.1, -0.05) is 38.1 Å². The largest absolute Gasteiger partial charge is 0.485 e. The van der Waals surface area contributed by atoms with Crippen LogP contribution in [0.2, 0.25) is 0 Å². The molecular weight excluding hydrogens is 362 g/mol. The molecule has 0 aromatic heterocycles. The van der Waals surface area contributed by atoms with Crippen molar-refractivity contribution in [3.8, 4) is 11.5 Å². The molecule has 2 aromatic carbocycles. The Labute approximate surface area is 173 Å². The molecule has 0 bridgehead atoms. The molecule has 1 amide bonds. The van der Waals surface area contributed by atoms with Crippen molar-refractivity contribution < 1.29 is 14.3 Å². The van der Waals surface area contributed by atoms with E-state index >= 15 is 0 Å². The van der Waals surface area contributed by atoms with Crippen LogP contribution in [0.5, 0.6) is 11.5 Å². The molecule has 4 rings (SSSR count). The van der Waals surface area contributed by atoms with E-state index in [-0.39, 0.29) is 11.5 Å². The van der Waals surface area contributed by atoms with Crippen LogP contribution < -0.4 is 9.47 Å². The van der Waals surface area contributed by atoms with E-state index in [4.69, 9.17) is 9.47 Å². The topological polar surface area (TPSA) is 38.8 Å². The van der Waals surface area contributed by atoms with E-state index in [1.54, 1.807) is 0 Å². The zero-order valence-corrected chi connectivity index (χ0v) is 17.9. The van der Waals surface area contributed by atoms with Crippen LogP contribution in [0.25, 0.3) is 0 Å². The van der Waals surface area contributed by atoms with Gasteiger partial charge in [0.25, 0.3) is 5.91 Å². The summed E-state index contributed by atoms with van der Waals surface area (Å²) in [6.45, 7) is 10.8. The molecule has 154 valence electrons. The summed E-state index contributed by atoms with van der Waals surface area (Å²) in [6, 6.07) is 13.9. The molecule has 2 unspecified atom stereocenters. The monoisotopic (exact) mass is 393 g/mol. The summed E-state index contributed by atoms with van der Waals surface area (Å²) in [6.07, 6.45) is 2.09. The summed E-state index contributed by atoms with van der Waals surface area (Å²) in [4.78, 5) is 14.8. The van der Waals surface area contributed by atoms with Crippen LogP contribution in [0.1, 0.15) is 55.6 Å². The van der Waals surface area contributed by atoms with Gasteiger partial charge in [-0.3, -0.25) is 4.79 Å². The molecule has 2 heterocycles. The first-order chi connectivity index (χ1) is 13.8. The first-order valence-corrected chi connectivity index (χ1v) is 10.6. The number of fused-ring (bicyclic) bond motifs is 1. The van der Waals surface area contributed by atoms with Crippen molar-refractivity contribution in [2.75, 3.05) is 13.1 Å². The smallest absolute Gasteiger partial charge is 0.253 e. The van der Waals surface area contributed by atoms with Gasteiger partial charge in [0.15, 0.2) is 11.5 Å². The summed E-state index contributed by atoms with van der Waals surface area (Å²) >= 11 is 0. The van der Waals surface area contributed by atoms with Crippen molar-refractivity contribution >= 4 is 5.91 Å². The van der Waals surface area contributed by atoms with Gasteiger partial charge < -0.3 is 14.4 Å². The molecule has 2 aliphatic rings. The maximum absolute atomic E-state index is 12.8. The van der Waals surface area contributed by atoms with E-state index in [2.05, 4.69) is 33.8 Å². The van der Waals surface area contributed by atoms with Gasteiger partial charge in [-0.2, -0.15) is 0 Å². The Kier molecular flexibility index (Phi) is 5.28. The fourth-order valence-electron chi connectivity index (χ4n) is 4.62. The second kappa shape index (κ2) is 7.74. The Bertz CT molecular complexity index is 877. The predicted molar refractivity (Wildman–Crippen MR) is 114 cm³/mol. The molecular formula is C25H31NO3. The van der Waals surface area contributed by atoms with Crippen LogP contribution in [-0.2, 0) is 13.0 Å². The summed E-state index contributed by atoms with van der Waals surface area (Å²) in [7, 11) is 0. The number of para-hydroxylation sites is 1. The minimum absolute atomic E-state index is 0.132. The number of carbonyl (C=O) groups is 1. The highest BCUT2D eigenvalue weighted by atomic mass is 16.5. The maximum Gasteiger partial charge on any atom is 0.253 e. The van der Waals surface area contributed by atoms with E-state index in [9.17, 15) is 4.79 Å². The van der Waals surface area contributed by atoms with Crippen molar-refractivity contribution in [2.45, 2.75) is 52.7 Å². The number of amides is 1. The zero-order valence-electron chi connectivity index (χ0n) is 17.9. The molecule has 29 heavy (non-hydrogen) atoms. The quantitative estimate of drug-likeness (QED) is 0.726. The number of ether oxygens (including phenoxy) is 2. The van der Waals surface area contributed by atoms with Crippen molar-refractivity contribution in [3.05, 3.63) is 59.2 Å². The fraction of sp³-hybridized carbons (Fsp3) is 0.480. The van der Waals surface area contributed by atoms with Crippen LogP contribution in [0, 0.1) is 11.8 Å². The molecule has 0 N–H and O–H groups in total. The fourth-order valence-corrected chi connectivity index (χ4v) is 4.62. The molecule has 0 aliphatic carbocycles. The molecule has 4 nitrogen and oxygen atoms in total. The average molecular weight is 394 g/mol. The minimum atomic E-state index is -0.187. The third-order valence-electron chi connectivity index (χ3n) is 5.81. The molecule has 1 saturated heterocycles. The van der Waals surface area contributed by atoms with Crippen LogP contribution in [0.4, 0.5) is 0 Å². The standard InChI is InChI=1S/C25H31NO3/c1-17-12-18(2)15-26(14-17)24(27)20-10-8-19(9-11-20)16-28-22-7-5-6-21-13-25(3,4)29-23(21)22/h5-11,17-18H,12-16H2,1-4H3. The molecule has 1 fully saturated rings. The van der Waals surface area contributed by atoms with Gasteiger partial charge in [-0.25, -0.2) is 0 Å². The lowest BCUT2D eigenvalue weighted by atomic mass is 9.91. The van der Waals surface area contributed by atoms with Crippen molar-refractivity contribution in [1.82, 2.24) is 4.90 Å². The first-order valence-electron chi connectivity index (χ1n) is 10.6. The lowest BCUT2D eigenvalue weighted by molar-refractivity contribution is 0.0623. The Morgan fingerprint density at radius 3 is 2.48 bits per heavy atom. The summed E-state index contributed by atoms with van der Waals surface area (Å²) in [5.41, 5.74) is 2.80. The zero-order chi connectivity index (χ0) is 20.6. The first kappa shape index (κ1) is 19.8. The number of benzene rings is 2. The molecule has 4 heteroatoms. The predicted octanol–water partition coefficient (Wildman–Crippen LogP) is 5.10. The van der Waals surface area contributed by atoms with Gasteiger partial charge in [-0.15, -0.1) is 0 Å². The van der Waals surface area contributed by atoms with Gasteiger partial charge in [-0.05, 0) is 55.9 Å². The lowest BCUT2D eigenvalue weighted by Gasteiger charge is -2.35. The molecule has 2 aliphatic heterocycles. The molecule has 2 atom stereocenters. The van der Waals surface area contributed by atoms with E-state index in [0.29, 0.717) is 18.4 Å². The number of likely N-dealkylation sites (tertiary alicyclic amines) is 1.